The van der Waals surface area contributed by atoms with E-state index in [4.69, 9.17) is 5.73 Å². The number of rotatable bonds is 4. The monoisotopic (exact) mass is 396 g/mol. The molecule has 0 aliphatic rings. The lowest BCUT2D eigenvalue weighted by atomic mass is 10.1. The van der Waals surface area contributed by atoms with Gasteiger partial charge >= 0.3 is 0 Å². The van der Waals surface area contributed by atoms with E-state index >= 15 is 0 Å². The molecule has 0 saturated carbocycles. The van der Waals surface area contributed by atoms with Gasteiger partial charge in [-0.25, -0.2) is 4.98 Å². The molecule has 5 nitrogen and oxygen atoms in total. The Morgan fingerprint density at radius 2 is 2.04 bits per heavy atom. The molecule has 3 aromatic rings. The molecular weight excluding hydrogens is 380 g/mol. The molecule has 0 bridgehead atoms. The second-order valence-corrected chi connectivity index (χ2v) is 6.32. The zero-order valence-electron chi connectivity index (χ0n) is 13.7. The van der Waals surface area contributed by atoms with E-state index in [1.54, 1.807) is 23.9 Å². The minimum Gasteiger partial charge on any atom is -0.398 e. The first-order valence-electron chi connectivity index (χ1n) is 7.72. The van der Waals surface area contributed by atoms with Gasteiger partial charge < -0.3 is 10.3 Å². The van der Waals surface area contributed by atoms with Gasteiger partial charge in [0.2, 0.25) is 0 Å². The Bertz CT molecular complexity index is 1020. The van der Waals surface area contributed by atoms with Crippen LogP contribution in [0.25, 0.3) is 16.7 Å². The van der Waals surface area contributed by atoms with Crippen LogP contribution in [0.1, 0.15) is 11.1 Å². The third-order valence-corrected chi connectivity index (χ3v) is 4.36. The summed E-state index contributed by atoms with van der Waals surface area (Å²) >= 11 is 3.18. The quantitative estimate of drug-likeness (QED) is 0.687. The maximum Gasteiger partial charge on any atom is 0.283 e. The van der Waals surface area contributed by atoms with Crippen molar-refractivity contribution in [2.45, 2.75) is 6.54 Å². The number of aromatic nitrogens is 2. The lowest BCUT2D eigenvalue weighted by Crippen LogP contribution is -2.19. The molecule has 0 atom stereocenters. The van der Waals surface area contributed by atoms with E-state index in [1.807, 2.05) is 48.5 Å². The first-order chi connectivity index (χ1) is 12.1. The van der Waals surface area contributed by atoms with Gasteiger partial charge in [-0.2, -0.15) is 0 Å². The van der Waals surface area contributed by atoms with Crippen molar-refractivity contribution in [2.75, 3.05) is 0 Å². The zero-order valence-corrected chi connectivity index (χ0v) is 15.3. The average Bonchev–Trinajstić information content (AvgIpc) is 2.64. The van der Waals surface area contributed by atoms with Crippen LogP contribution in [-0.4, -0.2) is 15.8 Å². The number of nitrogens with zero attached hydrogens (tertiary/aromatic N) is 3. The Labute approximate surface area is 153 Å². The van der Waals surface area contributed by atoms with E-state index < -0.39 is 0 Å². The average molecular weight is 397 g/mol. The number of hydrogen-bond acceptors (Lipinski definition) is 4. The van der Waals surface area contributed by atoms with Gasteiger partial charge in [0.1, 0.15) is 0 Å². The van der Waals surface area contributed by atoms with Crippen LogP contribution in [0.15, 0.2) is 69.0 Å². The van der Waals surface area contributed by atoms with Crippen LogP contribution >= 0.6 is 15.9 Å². The predicted octanol–water partition coefficient (Wildman–Crippen LogP) is 3.27. The Hall–Kier alpha value is -2.73. The summed E-state index contributed by atoms with van der Waals surface area (Å²) in [5, 5.41) is 0. The molecular formula is C19H17BrN4O. The van der Waals surface area contributed by atoms with Crippen molar-refractivity contribution in [2.24, 2.45) is 17.8 Å². The molecule has 0 saturated heterocycles. The van der Waals surface area contributed by atoms with Crippen LogP contribution in [0.5, 0.6) is 0 Å². The van der Waals surface area contributed by atoms with Crippen LogP contribution in [0.2, 0.25) is 0 Å². The van der Waals surface area contributed by atoms with Crippen molar-refractivity contribution in [3.05, 3.63) is 80.7 Å². The van der Waals surface area contributed by atoms with Crippen molar-refractivity contribution in [3.8, 4) is 0 Å². The smallest absolute Gasteiger partial charge is 0.283 e. The van der Waals surface area contributed by atoms with E-state index in [2.05, 4.69) is 25.9 Å². The highest BCUT2D eigenvalue weighted by atomic mass is 79.9. The third kappa shape index (κ3) is 3.85. The van der Waals surface area contributed by atoms with Gasteiger partial charge in [0.15, 0.2) is 4.60 Å². The Kier molecular flexibility index (Phi) is 5.09. The number of aryl methyl sites for hydroxylation is 1. The van der Waals surface area contributed by atoms with Gasteiger partial charge in [-0.3, -0.25) is 9.79 Å². The second kappa shape index (κ2) is 7.44. The molecule has 1 heterocycles. The molecule has 3 rings (SSSR count). The summed E-state index contributed by atoms with van der Waals surface area (Å²) in [6.45, 7) is 0.606. The van der Waals surface area contributed by atoms with Crippen molar-refractivity contribution < 1.29 is 0 Å². The molecule has 0 spiro atoms. The van der Waals surface area contributed by atoms with Gasteiger partial charge in [0, 0.05) is 19.0 Å². The first-order valence-corrected chi connectivity index (χ1v) is 8.52. The Morgan fingerprint density at radius 3 is 2.80 bits per heavy atom. The molecule has 0 aliphatic carbocycles. The maximum atomic E-state index is 12.0. The van der Waals surface area contributed by atoms with Crippen molar-refractivity contribution >= 4 is 38.9 Å². The van der Waals surface area contributed by atoms with Gasteiger partial charge in [0.25, 0.3) is 5.56 Å². The molecule has 0 aliphatic heterocycles. The highest BCUT2D eigenvalue weighted by molar-refractivity contribution is 9.10. The lowest BCUT2D eigenvalue weighted by molar-refractivity contribution is 0.880. The maximum absolute atomic E-state index is 12.0. The number of fused-ring (bicyclic) bond motifs is 1. The molecule has 6 heteroatoms. The molecule has 0 unspecified atom stereocenters. The van der Waals surface area contributed by atoms with E-state index in [9.17, 15) is 4.79 Å². The highest BCUT2D eigenvalue weighted by Crippen LogP contribution is 2.17. The largest absolute Gasteiger partial charge is 0.398 e. The zero-order chi connectivity index (χ0) is 17.8. The Morgan fingerprint density at radius 1 is 1.28 bits per heavy atom. The third-order valence-electron chi connectivity index (χ3n) is 3.85. The fraction of sp³-hybridized carbons (Fsp3) is 0.105. The van der Waals surface area contributed by atoms with E-state index in [0.29, 0.717) is 16.8 Å². The van der Waals surface area contributed by atoms with Crippen LogP contribution in [0.4, 0.5) is 0 Å². The van der Waals surface area contributed by atoms with E-state index in [-0.39, 0.29) is 5.56 Å². The summed E-state index contributed by atoms with van der Waals surface area (Å²) in [5.74, 6) is 0. The summed E-state index contributed by atoms with van der Waals surface area (Å²) in [6, 6.07) is 15.6. The molecule has 1 aromatic heterocycles. The number of allylic oxidation sites excluding steroid dienone is 1. The van der Waals surface area contributed by atoms with Crippen LogP contribution in [0, 0.1) is 0 Å². The molecule has 2 aromatic carbocycles. The van der Waals surface area contributed by atoms with Gasteiger partial charge in [-0.1, -0.05) is 36.4 Å². The van der Waals surface area contributed by atoms with E-state index in [1.165, 1.54) is 0 Å². The summed E-state index contributed by atoms with van der Waals surface area (Å²) in [4.78, 5) is 20.6. The fourth-order valence-electron chi connectivity index (χ4n) is 2.44. The van der Waals surface area contributed by atoms with Crippen LogP contribution in [0.3, 0.4) is 0 Å². The molecule has 0 fully saturated rings. The van der Waals surface area contributed by atoms with Crippen molar-refractivity contribution in [1.82, 2.24) is 9.55 Å². The number of nitrogens with two attached hydrogens (primary N) is 1. The summed E-state index contributed by atoms with van der Waals surface area (Å²) in [6.07, 6.45) is 3.46. The topological polar surface area (TPSA) is 73.3 Å². The normalized spacial score (nSPS) is 12.2. The number of hydrogen-bond donors (Lipinski definition) is 1. The highest BCUT2D eigenvalue weighted by Gasteiger charge is 2.07. The Balaban J connectivity index is 1.84. The number of aliphatic imine (C=N–C) groups is 1. The molecule has 126 valence electrons. The number of halogens is 1. The summed E-state index contributed by atoms with van der Waals surface area (Å²) in [5.41, 5.74) is 9.94. The molecule has 0 radical (unpaired) electrons. The summed E-state index contributed by atoms with van der Waals surface area (Å²) in [7, 11) is 1.71. The molecule has 2 N–H and O–H groups in total. The van der Waals surface area contributed by atoms with Crippen LogP contribution in [-0.2, 0) is 13.6 Å². The van der Waals surface area contributed by atoms with Crippen LogP contribution < -0.4 is 11.3 Å². The first kappa shape index (κ1) is 17.1. The fourth-order valence-corrected chi connectivity index (χ4v) is 2.90. The number of benzene rings is 2. The molecule has 0 amide bonds. The standard InChI is InChI=1S/C19H17BrN4O/c1-24-17-11-14(7-8-16(17)23-18(20)19(24)25)15(21)9-10-22-12-13-5-3-2-4-6-13/h2-11H,12,21H2,1H3. The molecule has 25 heavy (non-hydrogen) atoms. The minimum atomic E-state index is -0.184. The lowest BCUT2D eigenvalue weighted by Gasteiger charge is -2.07. The van der Waals surface area contributed by atoms with Gasteiger partial charge in [-0.15, -0.1) is 0 Å². The summed E-state index contributed by atoms with van der Waals surface area (Å²) < 4.78 is 1.85. The predicted molar refractivity (Wildman–Crippen MR) is 105 cm³/mol. The SMILES string of the molecule is Cn1c(=O)c(Br)nc2ccc(C(N)=CC=NCc3ccccc3)cc21. The van der Waals surface area contributed by atoms with Crippen molar-refractivity contribution in [1.29, 1.82) is 0 Å². The second-order valence-electron chi connectivity index (χ2n) is 5.57. The van der Waals surface area contributed by atoms with Gasteiger partial charge in [0.05, 0.1) is 17.6 Å². The van der Waals surface area contributed by atoms with E-state index in [0.717, 1.165) is 22.2 Å². The van der Waals surface area contributed by atoms with Crippen molar-refractivity contribution in [3.63, 3.8) is 0 Å². The van der Waals surface area contributed by atoms with Gasteiger partial charge in [-0.05, 0) is 45.3 Å². The minimum absolute atomic E-state index is 0.184.